The van der Waals surface area contributed by atoms with Gasteiger partial charge in [-0.15, -0.1) is 0 Å². The van der Waals surface area contributed by atoms with Crippen molar-refractivity contribution in [3.63, 3.8) is 0 Å². The number of imidazole rings is 1. The van der Waals surface area contributed by atoms with E-state index >= 15 is 0 Å². The summed E-state index contributed by atoms with van der Waals surface area (Å²) in [5.41, 5.74) is 2.74. The number of rotatable bonds is 6. The summed E-state index contributed by atoms with van der Waals surface area (Å²) in [6.07, 6.45) is 7.30. The van der Waals surface area contributed by atoms with Crippen LogP contribution in [0.15, 0.2) is 30.6 Å². The number of aryl methyl sites for hydroxylation is 2. The van der Waals surface area contributed by atoms with Crippen molar-refractivity contribution >= 4 is 18.8 Å². The van der Waals surface area contributed by atoms with Crippen LogP contribution in [-0.2, 0) is 13.1 Å². The zero-order chi connectivity index (χ0) is 18.5. The van der Waals surface area contributed by atoms with E-state index in [1.165, 1.54) is 36.7 Å². The molecule has 0 amide bonds. The van der Waals surface area contributed by atoms with Gasteiger partial charge in [-0.1, -0.05) is 38.8 Å². The van der Waals surface area contributed by atoms with Crippen LogP contribution in [0.4, 0.5) is 25.2 Å². The monoisotopic (exact) mass is 376 g/mol. The molecule has 0 saturated heterocycles. The first kappa shape index (κ1) is 20.7. The molecule has 0 unspecified atom stereocenters. The van der Waals surface area contributed by atoms with E-state index in [9.17, 15) is 25.2 Å². The number of fused-ring (bicyclic) bond motifs is 1. The molecule has 1 aromatic carbocycles. The second kappa shape index (κ2) is 6.90. The number of nitrogens with zero attached hydrogens (tertiary/aromatic N) is 2. The van der Waals surface area contributed by atoms with Crippen LogP contribution in [0.5, 0.6) is 0 Å². The average molecular weight is 376 g/mol. The Morgan fingerprint density at radius 3 is 2.00 bits per heavy atom. The molecule has 1 heterocycles. The van der Waals surface area contributed by atoms with Gasteiger partial charge in [-0.3, -0.25) is 0 Å². The van der Waals surface area contributed by atoms with Gasteiger partial charge < -0.3 is 0 Å². The van der Waals surface area contributed by atoms with Gasteiger partial charge in [-0.05, 0) is 25.0 Å². The molecular weight excluding hydrogens is 353 g/mol. The Bertz CT molecular complexity index is 610. The quantitative estimate of drug-likeness (QED) is 0.294. The van der Waals surface area contributed by atoms with Gasteiger partial charge in [0.1, 0.15) is 0 Å². The zero-order valence-corrected chi connectivity index (χ0v) is 14.6. The fourth-order valence-electron chi connectivity index (χ4n) is 2.26. The first-order valence-electron chi connectivity index (χ1n) is 7.85. The number of hydrogen-bond acceptors (Lipinski definition) is 0. The number of para-hydroxylation sites is 2. The molecule has 0 fully saturated rings. The van der Waals surface area contributed by atoms with E-state index in [0.29, 0.717) is 0 Å². The van der Waals surface area contributed by atoms with Crippen LogP contribution in [0.3, 0.4) is 0 Å². The molecule has 1 aromatic heterocycles. The Hall–Kier alpha value is -1.30. The molecule has 0 aliphatic heterocycles. The Labute approximate surface area is 137 Å². The maximum absolute atomic E-state index is 10.7. The first-order chi connectivity index (χ1) is 10.8. The minimum atomic E-state index is -10.7. The predicted molar refractivity (Wildman–Crippen MR) is 85.5 cm³/mol. The van der Waals surface area contributed by atoms with Gasteiger partial charge in [-0.2, -0.15) is 0 Å². The number of aromatic nitrogens is 2. The summed E-state index contributed by atoms with van der Waals surface area (Å²) in [7, 11) is -10.7. The minimum absolute atomic E-state index is 1.14. The molecule has 0 aliphatic rings. The molecule has 24 heavy (non-hydrogen) atoms. The molecule has 9 heteroatoms. The van der Waals surface area contributed by atoms with Crippen molar-refractivity contribution in [1.29, 1.82) is 0 Å². The van der Waals surface area contributed by atoms with E-state index in [2.05, 4.69) is 53.6 Å². The molecule has 2 nitrogen and oxygen atoms in total. The topological polar surface area (TPSA) is 8.81 Å². The van der Waals surface area contributed by atoms with Crippen LogP contribution in [0.2, 0.25) is 0 Å². The number of hydrogen-bond donors (Lipinski definition) is 0. The second-order valence-corrected chi connectivity index (χ2v) is 7.57. The van der Waals surface area contributed by atoms with E-state index in [1.807, 2.05) is 0 Å². The fourth-order valence-corrected chi connectivity index (χ4v) is 2.26. The van der Waals surface area contributed by atoms with Crippen molar-refractivity contribution in [2.75, 3.05) is 0 Å². The van der Waals surface area contributed by atoms with Crippen LogP contribution in [0.25, 0.3) is 11.0 Å². The predicted octanol–water partition coefficient (Wildman–Crippen LogP) is 6.91. The average Bonchev–Trinajstić information content (AvgIpc) is 2.78. The van der Waals surface area contributed by atoms with Crippen molar-refractivity contribution in [2.45, 2.75) is 52.6 Å². The molecular formula is C15H23F6N2P. The van der Waals surface area contributed by atoms with Crippen LogP contribution in [-0.4, -0.2) is 4.57 Å². The third kappa shape index (κ3) is 9.11. The SMILES string of the molecule is CCCCn1c[n+](CCCC)c2ccccc21.F[P-](F)(F)(F)(F)F. The maximum atomic E-state index is 9.87. The van der Waals surface area contributed by atoms with E-state index in [0.717, 1.165) is 13.1 Å². The van der Waals surface area contributed by atoms with Gasteiger partial charge in [0.2, 0.25) is 6.33 Å². The summed E-state index contributed by atoms with van der Waals surface area (Å²) in [6, 6.07) is 8.73. The standard InChI is InChI=1S/C15H23N2.F6P/c1-3-5-11-16-13-17(12-6-4-2)15-10-8-7-9-14(15)16;1-7(2,3,4,5)6/h7-10,13H,3-6,11-12H2,1-2H3;/q+1;-1. The zero-order valence-electron chi connectivity index (χ0n) is 13.7. The number of unbranched alkanes of at least 4 members (excludes halogenated alkanes) is 2. The van der Waals surface area contributed by atoms with Crippen molar-refractivity contribution in [2.24, 2.45) is 0 Å². The van der Waals surface area contributed by atoms with Crippen molar-refractivity contribution in [3.05, 3.63) is 30.6 Å². The van der Waals surface area contributed by atoms with E-state index < -0.39 is 7.81 Å². The Morgan fingerprint density at radius 2 is 1.46 bits per heavy atom. The Kier molecular flexibility index (Phi) is 5.97. The van der Waals surface area contributed by atoms with Gasteiger partial charge in [0, 0.05) is 0 Å². The van der Waals surface area contributed by atoms with E-state index in [4.69, 9.17) is 0 Å². The van der Waals surface area contributed by atoms with Gasteiger partial charge in [0.25, 0.3) is 0 Å². The van der Waals surface area contributed by atoms with Crippen LogP contribution in [0.1, 0.15) is 39.5 Å². The van der Waals surface area contributed by atoms with Crippen molar-refractivity contribution in [1.82, 2.24) is 4.57 Å². The van der Waals surface area contributed by atoms with E-state index in [1.54, 1.807) is 0 Å². The summed E-state index contributed by atoms with van der Waals surface area (Å²) in [5, 5.41) is 0. The summed E-state index contributed by atoms with van der Waals surface area (Å²) in [4.78, 5) is 0. The van der Waals surface area contributed by atoms with Crippen molar-refractivity contribution in [3.8, 4) is 0 Å². The molecule has 0 aliphatic carbocycles. The normalized spacial score (nSPS) is 14.7. The molecule has 0 atom stereocenters. The van der Waals surface area contributed by atoms with Gasteiger partial charge >= 0.3 is 33.0 Å². The van der Waals surface area contributed by atoms with Crippen molar-refractivity contribution < 1.29 is 29.7 Å². The molecule has 0 spiro atoms. The van der Waals surface area contributed by atoms with Gasteiger partial charge in [0.05, 0.1) is 13.1 Å². The van der Waals surface area contributed by atoms with Crippen LogP contribution < -0.4 is 4.57 Å². The fraction of sp³-hybridized carbons (Fsp3) is 0.533. The van der Waals surface area contributed by atoms with E-state index in [-0.39, 0.29) is 0 Å². The molecule has 2 aromatic rings. The molecule has 0 N–H and O–H groups in total. The van der Waals surface area contributed by atoms with Gasteiger partial charge in [-0.25, -0.2) is 9.13 Å². The Balaban J connectivity index is 0.000000351. The summed E-state index contributed by atoms with van der Waals surface area (Å²) in [6.45, 7) is 6.76. The molecule has 0 radical (unpaired) electrons. The summed E-state index contributed by atoms with van der Waals surface area (Å²) < 4.78 is 64.0. The Morgan fingerprint density at radius 1 is 0.917 bits per heavy atom. The summed E-state index contributed by atoms with van der Waals surface area (Å²) >= 11 is 0. The third-order valence-electron chi connectivity index (χ3n) is 3.28. The second-order valence-electron chi connectivity index (χ2n) is 5.66. The molecule has 2 rings (SSSR count). The number of halogens is 6. The van der Waals surface area contributed by atoms with Gasteiger partial charge in [0.15, 0.2) is 11.0 Å². The molecule has 0 bridgehead atoms. The third-order valence-corrected chi connectivity index (χ3v) is 3.28. The molecule has 0 saturated carbocycles. The first-order valence-corrected chi connectivity index (χ1v) is 9.88. The van der Waals surface area contributed by atoms with Crippen LogP contribution in [0, 0.1) is 0 Å². The molecule has 140 valence electrons. The number of benzene rings is 1. The van der Waals surface area contributed by atoms with Crippen LogP contribution >= 0.6 is 7.81 Å². The summed E-state index contributed by atoms with van der Waals surface area (Å²) in [5.74, 6) is 0.